The average molecular weight is 354 g/mol. The van der Waals surface area contributed by atoms with E-state index in [-0.39, 0.29) is 17.7 Å². The first kappa shape index (κ1) is 18.2. The van der Waals surface area contributed by atoms with Gasteiger partial charge in [0, 0.05) is 31.0 Å². The third-order valence-electron chi connectivity index (χ3n) is 5.50. The molecule has 0 spiro atoms. The SMILES string of the molecule is Cc1cc(C(=O)N2CCC(C(=O)O)C(C)C2)c(C)n1Cc1ccccc1. The van der Waals surface area contributed by atoms with E-state index in [9.17, 15) is 14.7 Å². The second-order valence-electron chi connectivity index (χ2n) is 7.32. The lowest BCUT2D eigenvalue weighted by Gasteiger charge is -2.35. The van der Waals surface area contributed by atoms with Crippen LogP contribution in [0.4, 0.5) is 0 Å². The van der Waals surface area contributed by atoms with Gasteiger partial charge in [-0.25, -0.2) is 0 Å². The fourth-order valence-corrected chi connectivity index (χ4v) is 3.89. The summed E-state index contributed by atoms with van der Waals surface area (Å²) in [5.74, 6) is -1.14. The van der Waals surface area contributed by atoms with E-state index in [0.717, 1.165) is 23.5 Å². The molecule has 3 rings (SSSR count). The minimum Gasteiger partial charge on any atom is -0.481 e. The van der Waals surface area contributed by atoms with Crippen LogP contribution in [0.2, 0.25) is 0 Å². The van der Waals surface area contributed by atoms with E-state index in [1.54, 1.807) is 4.90 Å². The van der Waals surface area contributed by atoms with Crippen molar-refractivity contribution >= 4 is 11.9 Å². The number of benzene rings is 1. The summed E-state index contributed by atoms with van der Waals surface area (Å²) in [6, 6.07) is 12.1. The number of aliphatic carboxylic acids is 1. The molecule has 2 heterocycles. The number of likely N-dealkylation sites (tertiary alicyclic amines) is 1. The largest absolute Gasteiger partial charge is 0.481 e. The summed E-state index contributed by atoms with van der Waals surface area (Å²) in [5.41, 5.74) is 3.94. The number of carboxylic acids is 1. The molecule has 2 unspecified atom stereocenters. The monoisotopic (exact) mass is 354 g/mol. The van der Waals surface area contributed by atoms with Crippen LogP contribution in [-0.2, 0) is 11.3 Å². The van der Waals surface area contributed by atoms with Gasteiger partial charge in [0.25, 0.3) is 5.91 Å². The topological polar surface area (TPSA) is 62.5 Å². The fourth-order valence-electron chi connectivity index (χ4n) is 3.89. The van der Waals surface area contributed by atoms with Crippen LogP contribution in [0.25, 0.3) is 0 Å². The van der Waals surface area contributed by atoms with E-state index in [1.807, 2.05) is 45.0 Å². The van der Waals surface area contributed by atoms with Gasteiger partial charge in [-0.1, -0.05) is 37.3 Å². The van der Waals surface area contributed by atoms with Crippen molar-refractivity contribution < 1.29 is 14.7 Å². The molecule has 5 nitrogen and oxygen atoms in total. The molecule has 1 saturated heterocycles. The maximum absolute atomic E-state index is 13.0. The number of aromatic nitrogens is 1. The third-order valence-corrected chi connectivity index (χ3v) is 5.50. The van der Waals surface area contributed by atoms with E-state index in [0.29, 0.717) is 19.5 Å². The van der Waals surface area contributed by atoms with Gasteiger partial charge < -0.3 is 14.6 Å². The summed E-state index contributed by atoms with van der Waals surface area (Å²) in [4.78, 5) is 26.1. The van der Waals surface area contributed by atoms with Crippen molar-refractivity contribution in [2.24, 2.45) is 11.8 Å². The standard InChI is InChI=1S/C21H26N2O3/c1-14-12-22(10-9-18(14)21(25)26)20(24)19-11-15(2)23(16(19)3)13-17-7-5-4-6-8-17/h4-8,11,14,18H,9-10,12-13H2,1-3H3,(H,25,26). The normalized spacial score (nSPS) is 20.2. The Morgan fingerprint density at radius 2 is 1.88 bits per heavy atom. The molecule has 1 fully saturated rings. The van der Waals surface area contributed by atoms with Crippen LogP contribution < -0.4 is 0 Å². The van der Waals surface area contributed by atoms with Crippen LogP contribution in [-0.4, -0.2) is 39.5 Å². The second-order valence-corrected chi connectivity index (χ2v) is 7.32. The molecule has 1 aliphatic rings. The molecule has 5 heteroatoms. The van der Waals surface area contributed by atoms with E-state index >= 15 is 0 Å². The lowest BCUT2D eigenvalue weighted by molar-refractivity contribution is -0.145. The molecule has 0 saturated carbocycles. The fraction of sp³-hybridized carbons (Fsp3) is 0.429. The van der Waals surface area contributed by atoms with E-state index in [2.05, 4.69) is 16.7 Å². The number of piperidine rings is 1. The van der Waals surface area contributed by atoms with Crippen LogP contribution in [0.1, 0.15) is 40.7 Å². The van der Waals surface area contributed by atoms with E-state index in [1.165, 1.54) is 5.56 Å². The number of carbonyl (C=O) groups excluding carboxylic acids is 1. The summed E-state index contributed by atoms with van der Waals surface area (Å²) in [5, 5.41) is 9.27. The van der Waals surface area contributed by atoms with Gasteiger partial charge in [0.1, 0.15) is 0 Å². The molecule has 138 valence electrons. The second kappa shape index (κ2) is 7.36. The number of carbonyl (C=O) groups is 2. The van der Waals surface area contributed by atoms with E-state index < -0.39 is 5.97 Å². The highest BCUT2D eigenvalue weighted by molar-refractivity contribution is 5.96. The van der Waals surface area contributed by atoms with Crippen molar-refractivity contribution in [2.75, 3.05) is 13.1 Å². The average Bonchev–Trinajstić information content (AvgIpc) is 2.90. The van der Waals surface area contributed by atoms with Gasteiger partial charge in [-0.05, 0) is 37.8 Å². The highest BCUT2D eigenvalue weighted by Crippen LogP contribution is 2.26. The molecule has 0 aliphatic carbocycles. The molecular weight excluding hydrogens is 328 g/mol. The first-order chi connectivity index (χ1) is 12.4. The first-order valence-corrected chi connectivity index (χ1v) is 9.11. The van der Waals surface area contributed by atoms with Gasteiger partial charge in [-0.15, -0.1) is 0 Å². The van der Waals surface area contributed by atoms with Crippen LogP contribution in [0.5, 0.6) is 0 Å². The Hall–Kier alpha value is -2.56. The molecule has 26 heavy (non-hydrogen) atoms. The van der Waals surface area contributed by atoms with Gasteiger partial charge >= 0.3 is 5.97 Å². The van der Waals surface area contributed by atoms with Gasteiger partial charge in [0.05, 0.1) is 11.5 Å². The number of rotatable bonds is 4. The Balaban J connectivity index is 1.79. The zero-order chi connectivity index (χ0) is 18.8. The smallest absolute Gasteiger partial charge is 0.306 e. The van der Waals surface area contributed by atoms with Crippen molar-refractivity contribution in [1.82, 2.24) is 9.47 Å². The van der Waals surface area contributed by atoms with Gasteiger partial charge in [0.2, 0.25) is 0 Å². The molecule has 1 N–H and O–H groups in total. The Morgan fingerprint density at radius 1 is 1.19 bits per heavy atom. The van der Waals surface area contributed by atoms with E-state index in [4.69, 9.17) is 0 Å². The Kier molecular flexibility index (Phi) is 5.16. The number of carboxylic acid groups (broad SMARTS) is 1. The molecular formula is C21H26N2O3. The summed E-state index contributed by atoms with van der Waals surface area (Å²) in [6.45, 7) is 7.66. The van der Waals surface area contributed by atoms with Crippen LogP contribution in [0.3, 0.4) is 0 Å². The summed E-state index contributed by atoms with van der Waals surface area (Å²) >= 11 is 0. The zero-order valence-electron chi connectivity index (χ0n) is 15.6. The Labute approximate surface area is 154 Å². The Bertz CT molecular complexity index is 810. The number of amides is 1. The maximum Gasteiger partial charge on any atom is 0.306 e. The molecule has 0 bridgehead atoms. The number of hydrogen-bond donors (Lipinski definition) is 1. The van der Waals surface area contributed by atoms with Crippen LogP contribution >= 0.6 is 0 Å². The lowest BCUT2D eigenvalue weighted by atomic mass is 9.87. The van der Waals surface area contributed by atoms with Crippen molar-refractivity contribution in [3.63, 3.8) is 0 Å². The molecule has 1 aromatic carbocycles. The quantitative estimate of drug-likeness (QED) is 0.916. The van der Waals surface area contributed by atoms with Gasteiger partial charge in [-0.3, -0.25) is 9.59 Å². The minimum atomic E-state index is -0.759. The summed E-state index contributed by atoms with van der Waals surface area (Å²) < 4.78 is 2.16. The van der Waals surface area contributed by atoms with Gasteiger partial charge in [-0.2, -0.15) is 0 Å². The van der Waals surface area contributed by atoms with Crippen LogP contribution in [0, 0.1) is 25.7 Å². The van der Waals surface area contributed by atoms with Crippen molar-refractivity contribution in [2.45, 2.75) is 33.7 Å². The first-order valence-electron chi connectivity index (χ1n) is 9.11. The number of nitrogens with zero attached hydrogens (tertiary/aromatic N) is 2. The number of aryl methyl sites for hydroxylation is 1. The van der Waals surface area contributed by atoms with Crippen molar-refractivity contribution in [1.29, 1.82) is 0 Å². The molecule has 2 atom stereocenters. The minimum absolute atomic E-state index is 0.00750. The molecule has 0 radical (unpaired) electrons. The predicted molar refractivity (Wildman–Crippen MR) is 100 cm³/mol. The molecule has 1 aliphatic heterocycles. The highest BCUT2D eigenvalue weighted by Gasteiger charge is 2.34. The van der Waals surface area contributed by atoms with Gasteiger partial charge in [0.15, 0.2) is 0 Å². The predicted octanol–water partition coefficient (Wildman–Crippen LogP) is 3.34. The number of hydrogen-bond acceptors (Lipinski definition) is 2. The molecule has 1 aromatic heterocycles. The summed E-state index contributed by atoms with van der Waals surface area (Å²) in [7, 11) is 0. The maximum atomic E-state index is 13.0. The van der Waals surface area contributed by atoms with Crippen LogP contribution in [0.15, 0.2) is 36.4 Å². The molecule has 2 aromatic rings. The zero-order valence-corrected chi connectivity index (χ0v) is 15.6. The lowest BCUT2D eigenvalue weighted by Crippen LogP contribution is -2.45. The highest BCUT2D eigenvalue weighted by atomic mass is 16.4. The summed E-state index contributed by atoms with van der Waals surface area (Å²) in [6.07, 6.45) is 0.519. The molecule has 1 amide bonds. The Morgan fingerprint density at radius 3 is 2.50 bits per heavy atom. The van der Waals surface area contributed by atoms with Crippen molar-refractivity contribution in [3.8, 4) is 0 Å². The third kappa shape index (κ3) is 3.52. The van der Waals surface area contributed by atoms with Crippen molar-refractivity contribution in [3.05, 3.63) is 58.9 Å².